The fourth-order valence-electron chi connectivity index (χ4n) is 10.7. The van der Waals surface area contributed by atoms with Gasteiger partial charge in [-0.15, -0.1) is 0 Å². The van der Waals surface area contributed by atoms with E-state index in [1.807, 2.05) is 0 Å². The van der Waals surface area contributed by atoms with Crippen molar-refractivity contribution in [3.05, 3.63) is 182 Å². The first kappa shape index (κ1) is 29.8. The number of ether oxygens (including phenoxy) is 1. The van der Waals surface area contributed by atoms with Crippen molar-refractivity contribution in [2.24, 2.45) is 0 Å². The van der Waals surface area contributed by atoms with Crippen LogP contribution < -0.4 is 21.1 Å². The zero-order valence-corrected chi connectivity index (χ0v) is 30.6. The van der Waals surface area contributed by atoms with Crippen molar-refractivity contribution in [2.75, 3.05) is 0 Å². The number of hydrogen-bond donors (Lipinski definition) is 0. The van der Waals surface area contributed by atoms with Gasteiger partial charge in [0.05, 0.1) is 27.6 Å². The van der Waals surface area contributed by atoms with Crippen molar-refractivity contribution < 1.29 is 4.74 Å². The smallest absolute Gasteiger partial charge is 0.256 e. The fourth-order valence-corrected chi connectivity index (χ4v) is 10.7. The topological polar surface area (TPSA) is 24.0 Å². The largest absolute Gasteiger partial charge is 0.458 e. The molecule has 0 saturated heterocycles. The molecule has 0 fully saturated rings. The van der Waals surface area contributed by atoms with E-state index >= 15 is 0 Å². The molecule has 5 heterocycles. The number of benzene rings is 9. The molecule has 3 aromatic heterocycles. The highest BCUT2D eigenvalue weighted by Gasteiger charge is 2.42. The summed E-state index contributed by atoms with van der Waals surface area (Å²) < 4.78 is 14.7. The lowest BCUT2D eigenvalue weighted by molar-refractivity contribution is 0.493. The maximum Gasteiger partial charge on any atom is 0.256 e. The van der Waals surface area contributed by atoms with E-state index in [2.05, 4.69) is 196 Å². The Morgan fingerprint density at radius 2 is 0.912 bits per heavy atom. The number of rotatable bonds is 2. The standard InChI is InChI=1S/C52H30BN3O/c1-3-16-32(17-4-1)54-41-26-12-10-22-36(41)45-49(54)44-35-21-9-11-25-40(35)55(33-18-5-2-6-19-33)50(44)46-37-23-13-24-38-48(37)56(51(45)46)42-27-14-28-43-47(42)53(38)39-30-29-31-15-7-8-20-34(31)52(39)57-43/h1-30H. The second-order valence-electron chi connectivity index (χ2n) is 15.6. The molecule has 14 rings (SSSR count). The molecule has 2 aliphatic rings. The Kier molecular flexibility index (Phi) is 5.56. The van der Waals surface area contributed by atoms with Gasteiger partial charge in [-0.2, -0.15) is 0 Å². The van der Waals surface area contributed by atoms with Gasteiger partial charge in [-0.3, -0.25) is 0 Å². The minimum atomic E-state index is 0.0155. The Morgan fingerprint density at radius 3 is 1.60 bits per heavy atom. The van der Waals surface area contributed by atoms with Crippen LogP contribution in [0.25, 0.3) is 93.3 Å². The second kappa shape index (κ2) is 10.6. The minimum Gasteiger partial charge on any atom is -0.458 e. The Bertz CT molecular complexity index is 3720. The van der Waals surface area contributed by atoms with Gasteiger partial charge in [-0.1, -0.05) is 133 Å². The number of nitrogens with zero attached hydrogens (tertiary/aromatic N) is 3. The van der Waals surface area contributed by atoms with E-state index in [1.165, 1.54) is 92.9 Å². The Labute approximate surface area is 327 Å². The van der Waals surface area contributed by atoms with Gasteiger partial charge in [-0.25, -0.2) is 0 Å². The third-order valence-electron chi connectivity index (χ3n) is 12.8. The first-order valence-corrected chi connectivity index (χ1v) is 19.7. The summed E-state index contributed by atoms with van der Waals surface area (Å²) in [7, 11) is 0. The molecule has 0 saturated carbocycles. The van der Waals surface area contributed by atoms with Crippen molar-refractivity contribution >= 4 is 99.3 Å². The average molecular weight is 724 g/mol. The maximum atomic E-state index is 7.02. The van der Waals surface area contributed by atoms with Gasteiger partial charge in [0, 0.05) is 60.3 Å². The molecular formula is C52H30BN3O. The van der Waals surface area contributed by atoms with Gasteiger partial charge in [0.25, 0.3) is 6.71 Å². The summed E-state index contributed by atoms with van der Waals surface area (Å²) in [5, 5.41) is 9.85. The molecule has 5 heteroatoms. The molecule has 57 heavy (non-hydrogen) atoms. The normalized spacial score (nSPS) is 13.0. The van der Waals surface area contributed by atoms with Gasteiger partial charge < -0.3 is 18.4 Å². The molecule has 4 nitrogen and oxygen atoms in total. The third kappa shape index (κ3) is 3.61. The van der Waals surface area contributed by atoms with Crippen LogP contribution in [0.4, 0.5) is 0 Å². The van der Waals surface area contributed by atoms with E-state index in [0.29, 0.717) is 0 Å². The van der Waals surface area contributed by atoms with Crippen molar-refractivity contribution in [3.8, 4) is 28.6 Å². The highest BCUT2D eigenvalue weighted by atomic mass is 16.5. The van der Waals surface area contributed by atoms with E-state index < -0.39 is 0 Å². The van der Waals surface area contributed by atoms with Crippen molar-refractivity contribution in [3.63, 3.8) is 0 Å². The summed E-state index contributed by atoms with van der Waals surface area (Å²) in [5.41, 5.74) is 14.5. The fraction of sp³-hybridized carbons (Fsp3) is 0. The van der Waals surface area contributed by atoms with Crippen molar-refractivity contribution in [2.45, 2.75) is 0 Å². The highest BCUT2D eigenvalue weighted by Crippen LogP contribution is 2.51. The predicted molar refractivity (Wildman–Crippen MR) is 238 cm³/mol. The van der Waals surface area contributed by atoms with Crippen LogP contribution >= 0.6 is 0 Å². The van der Waals surface area contributed by atoms with Crippen LogP contribution in [-0.4, -0.2) is 20.4 Å². The van der Waals surface area contributed by atoms with Gasteiger partial charge in [-0.05, 0) is 70.3 Å². The number of hydrogen-bond acceptors (Lipinski definition) is 1. The third-order valence-corrected chi connectivity index (χ3v) is 12.8. The lowest BCUT2D eigenvalue weighted by atomic mass is 9.34. The molecular weight excluding hydrogens is 693 g/mol. The van der Waals surface area contributed by atoms with E-state index in [4.69, 9.17) is 4.74 Å². The zero-order valence-electron chi connectivity index (χ0n) is 30.6. The van der Waals surface area contributed by atoms with Crippen LogP contribution in [0.2, 0.25) is 0 Å². The Balaban J connectivity index is 1.29. The lowest BCUT2D eigenvalue weighted by Crippen LogP contribution is -2.58. The van der Waals surface area contributed by atoms with Crippen LogP contribution in [0, 0.1) is 0 Å². The summed E-state index contributed by atoms with van der Waals surface area (Å²) in [6.07, 6.45) is 0. The van der Waals surface area contributed by atoms with Crippen molar-refractivity contribution in [1.82, 2.24) is 13.7 Å². The van der Waals surface area contributed by atoms with E-state index in [0.717, 1.165) is 28.3 Å². The maximum absolute atomic E-state index is 7.02. The van der Waals surface area contributed by atoms with Crippen LogP contribution in [0.15, 0.2) is 182 Å². The summed E-state index contributed by atoms with van der Waals surface area (Å²) >= 11 is 0. The molecule has 0 radical (unpaired) electrons. The summed E-state index contributed by atoms with van der Waals surface area (Å²) in [4.78, 5) is 0. The minimum absolute atomic E-state index is 0.0155. The van der Waals surface area contributed by atoms with Crippen molar-refractivity contribution in [1.29, 1.82) is 0 Å². The van der Waals surface area contributed by atoms with Crippen LogP contribution in [-0.2, 0) is 0 Å². The number of aromatic nitrogens is 3. The van der Waals surface area contributed by atoms with Crippen LogP contribution in [0.1, 0.15) is 0 Å². The molecule has 2 aliphatic heterocycles. The summed E-state index contributed by atoms with van der Waals surface area (Å²) in [6, 6.07) is 66.6. The molecule has 262 valence electrons. The van der Waals surface area contributed by atoms with E-state index in [1.54, 1.807) is 0 Å². The quantitative estimate of drug-likeness (QED) is 0.163. The first-order valence-electron chi connectivity index (χ1n) is 19.7. The molecule has 0 N–H and O–H groups in total. The van der Waals surface area contributed by atoms with Gasteiger partial charge in [0.1, 0.15) is 11.5 Å². The highest BCUT2D eigenvalue weighted by molar-refractivity contribution is 6.99. The van der Waals surface area contributed by atoms with Gasteiger partial charge in [0.2, 0.25) is 0 Å². The molecule has 0 amide bonds. The molecule has 12 aromatic rings. The monoisotopic (exact) mass is 723 g/mol. The Hall–Kier alpha value is -7.50. The molecule has 9 aromatic carbocycles. The average Bonchev–Trinajstić information content (AvgIpc) is 3.92. The Morgan fingerprint density at radius 1 is 0.368 bits per heavy atom. The van der Waals surface area contributed by atoms with E-state index in [9.17, 15) is 0 Å². The number of para-hydroxylation sites is 5. The SMILES string of the molecule is c1ccc(-n2c3ccccc3c3c2c2c4cccc5c4n(c2c2c4ccccc4n(-c4ccccc4)c32)-c2cccc3c2B5c2ccc4ccccc4c2O3)cc1. The molecule has 0 atom stereocenters. The number of fused-ring (bicyclic) bond motifs is 18. The molecule has 0 spiro atoms. The zero-order chi connectivity index (χ0) is 36.9. The van der Waals surface area contributed by atoms with Crippen LogP contribution in [0.3, 0.4) is 0 Å². The second-order valence-corrected chi connectivity index (χ2v) is 15.6. The molecule has 0 bridgehead atoms. The van der Waals surface area contributed by atoms with Gasteiger partial charge in [0.15, 0.2) is 0 Å². The summed E-state index contributed by atoms with van der Waals surface area (Å²) in [6.45, 7) is 0.0155. The first-order chi connectivity index (χ1) is 28.3. The van der Waals surface area contributed by atoms with Crippen LogP contribution in [0.5, 0.6) is 11.5 Å². The summed E-state index contributed by atoms with van der Waals surface area (Å²) in [5.74, 6) is 1.89. The van der Waals surface area contributed by atoms with Gasteiger partial charge >= 0.3 is 0 Å². The lowest BCUT2D eigenvalue weighted by Gasteiger charge is -2.33. The molecule has 0 aliphatic carbocycles. The predicted octanol–water partition coefficient (Wildman–Crippen LogP) is 11.1. The van der Waals surface area contributed by atoms with E-state index in [-0.39, 0.29) is 6.71 Å². The molecule has 0 unspecified atom stereocenters.